The molecule has 1 aliphatic carbocycles. The van der Waals surface area contributed by atoms with Crippen molar-refractivity contribution >= 4 is 5.97 Å². The minimum Gasteiger partial charge on any atom is -0.484 e. The zero-order valence-corrected chi connectivity index (χ0v) is 15.6. The third-order valence-electron chi connectivity index (χ3n) is 4.84. The van der Waals surface area contributed by atoms with Crippen LogP contribution < -0.4 is 4.74 Å². The van der Waals surface area contributed by atoms with Crippen molar-refractivity contribution < 1.29 is 41.0 Å². The van der Waals surface area contributed by atoms with E-state index in [9.17, 15) is 36.2 Å². The lowest BCUT2D eigenvalue weighted by Crippen LogP contribution is -2.19. The molecule has 9 heteroatoms. The van der Waals surface area contributed by atoms with Crippen molar-refractivity contribution in [2.24, 2.45) is 5.92 Å². The first-order valence-electron chi connectivity index (χ1n) is 9.17. The molecule has 0 bridgehead atoms. The van der Waals surface area contributed by atoms with E-state index in [2.05, 4.69) is 0 Å². The lowest BCUT2D eigenvalue weighted by molar-refractivity contribution is -0.153. The zero-order valence-electron chi connectivity index (χ0n) is 15.6. The average molecular weight is 432 g/mol. The van der Waals surface area contributed by atoms with Gasteiger partial charge in [0.15, 0.2) is 6.61 Å². The van der Waals surface area contributed by atoms with Crippen molar-refractivity contribution in [1.29, 1.82) is 0 Å². The SMILES string of the molecule is O=C(O)C(CC1CC1)c1cc(OCC(F)(F)F)cc(-c2ccc(C(F)(F)F)cc2)c1. The summed E-state index contributed by atoms with van der Waals surface area (Å²) in [5, 5.41) is 9.59. The van der Waals surface area contributed by atoms with Crippen molar-refractivity contribution in [2.75, 3.05) is 6.61 Å². The summed E-state index contributed by atoms with van der Waals surface area (Å²) in [6.07, 6.45) is -7.01. The maximum absolute atomic E-state index is 12.8. The van der Waals surface area contributed by atoms with Crippen LogP contribution in [0.2, 0.25) is 0 Å². The van der Waals surface area contributed by atoms with E-state index >= 15 is 0 Å². The van der Waals surface area contributed by atoms with Crippen LogP contribution in [0.1, 0.15) is 36.3 Å². The summed E-state index contributed by atoms with van der Waals surface area (Å²) in [5.74, 6) is -2.02. The summed E-state index contributed by atoms with van der Waals surface area (Å²) in [6, 6.07) is 8.07. The van der Waals surface area contributed by atoms with Gasteiger partial charge in [0.05, 0.1) is 11.5 Å². The highest BCUT2D eigenvalue weighted by atomic mass is 19.4. The van der Waals surface area contributed by atoms with E-state index in [1.54, 1.807) is 0 Å². The number of alkyl halides is 6. The van der Waals surface area contributed by atoms with Crippen LogP contribution in [-0.2, 0) is 11.0 Å². The maximum Gasteiger partial charge on any atom is 0.422 e. The van der Waals surface area contributed by atoms with E-state index in [4.69, 9.17) is 4.74 Å². The number of carbonyl (C=O) groups is 1. The average Bonchev–Trinajstić information content (AvgIpc) is 3.47. The van der Waals surface area contributed by atoms with Gasteiger partial charge in [-0.25, -0.2) is 0 Å². The number of rotatable bonds is 7. The van der Waals surface area contributed by atoms with Crippen LogP contribution in [0.15, 0.2) is 42.5 Å². The van der Waals surface area contributed by atoms with Gasteiger partial charge in [-0.2, -0.15) is 26.3 Å². The van der Waals surface area contributed by atoms with Gasteiger partial charge < -0.3 is 9.84 Å². The smallest absolute Gasteiger partial charge is 0.422 e. The molecule has 2 aromatic carbocycles. The van der Waals surface area contributed by atoms with Gasteiger partial charge in [-0.3, -0.25) is 4.79 Å². The quantitative estimate of drug-likeness (QED) is 0.524. The topological polar surface area (TPSA) is 46.5 Å². The van der Waals surface area contributed by atoms with E-state index in [0.29, 0.717) is 12.0 Å². The number of hydrogen-bond donors (Lipinski definition) is 1. The molecule has 0 aliphatic heterocycles. The highest BCUT2D eigenvalue weighted by molar-refractivity contribution is 5.78. The molecule has 1 fully saturated rings. The first kappa shape index (κ1) is 22.0. The molecule has 30 heavy (non-hydrogen) atoms. The molecule has 1 saturated carbocycles. The van der Waals surface area contributed by atoms with Crippen LogP contribution in [0.4, 0.5) is 26.3 Å². The van der Waals surface area contributed by atoms with Gasteiger partial charge in [0.25, 0.3) is 0 Å². The molecule has 0 saturated heterocycles. The Morgan fingerprint density at radius 1 is 1.00 bits per heavy atom. The highest BCUT2D eigenvalue weighted by Crippen LogP contribution is 2.41. The molecule has 0 amide bonds. The van der Waals surface area contributed by atoms with Crippen molar-refractivity contribution in [2.45, 2.75) is 37.5 Å². The lowest BCUT2D eigenvalue weighted by Gasteiger charge is -2.17. The van der Waals surface area contributed by atoms with Crippen molar-refractivity contribution in [3.8, 4) is 16.9 Å². The number of aliphatic carboxylic acids is 1. The van der Waals surface area contributed by atoms with Gasteiger partial charge in [0, 0.05) is 0 Å². The monoisotopic (exact) mass is 432 g/mol. The van der Waals surface area contributed by atoms with Gasteiger partial charge in [0.1, 0.15) is 5.75 Å². The normalized spacial score (nSPS) is 15.7. The van der Waals surface area contributed by atoms with Gasteiger partial charge >= 0.3 is 18.3 Å². The second-order valence-electron chi connectivity index (χ2n) is 7.34. The largest absolute Gasteiger partial charge is 0.484 e. The fourth-order valence-corrected chi connectivity index (χ4v) is 3.16. The van der Waals surface area contributed by atoms with Crippen LogP contribution in [0.25, 0.3) is 11.1 Å². The van der Waals surface area contributed by atoms with Gasteiger partial charge in [-0.05, 0) is 53.3 Å². The van der Waals surface area contributed by atoms with E-state index in [1.165, 1.54) is 30.3 Å². The predicted octanol–water partition coefficient (Wildman–Crippen LogP) is 6.28. The van der Waals surface area contributed by atoms with Gasteiger partial charge in [-0.15, -0.1) is 0 Å². The predicted molar refractivity (Wildman–Crippen MR) is 96.1 cm³/mol. The highest BCUT2D eigenvalue weighted by Gasteiger charge is 2.32. The van der Waals surface area contributed by atoms with Crippen molar-refractivity contribution in [3.63, 3.8) is 0 Å². The lowest BCUT2D eigenvalue weighted by atomic mass is 9.90. The summed E-state index contributed by atoms with van der Waals surface area (Å²) in [6.45, 7) is -1.57. The fraction of sp³-hybridized carbons (Fsp3) is 0.381. The van der Waals surface area contributed by atoms with Crippen LogP contribution >= 0.6 is 0 Å². The number of carboxylic acids is 1. The summed E-state index contributed by atoms with van der Waals surface area (Å²) in [7, 11) is 0. The van der Waals surface area contributed by atoms with Crippen LogP contribution in [-0.4, -0.2) is 23.9 Å². The first-order valence-corrected chi connectivity index (χ1v) is 9.17. The fourth-order valence-electron chi connectivity index (χ4n) is 3.16. The van der Waals surface area contributed by atoms with E-state index in [0.717, 1.165) is 25.0 Å². The van der Waals surface area contributed by atoms with Crippen LogP contribution in [0, 0.1) is 5.92 Å². The minimum atomic E-state index is -4.59. The Morgan fingerprint density at radius 3 is 2.13 bits per heavy atom. The van der Waals surface area contributed by atoms with Gasteiger partial charge in [0.2, 0.25) is 0 Å². The summed E-state index contributed by atoms with van der Waals surface area (Å²) < 4.78 is 80.9. The van der Waals surface area contributed by atoms with Crippen molar-refractivity contribution in [3.05, 3.63) is 53.6 Å². The second-order valence-corrected chi connectivity index (χ2v) is 7.34. The van der Waals surface area contributed by atoms with E-state index in [-0.39, 0.29) is 22.8 Å². The standard InChI is InChI=1S/C21H18F6O3/c22-20(23,24)11-30-17-9-14(13-3-5-16(6-4-13)21(25,26)27)8-15(10-17)18(19(28)29)7-12-1-2-12/h3-6,8-10,12,18H,1-2,7,11H2,(H,28,29). The molecule has 162 valence electrons. The Kier molecular flexibility index (Phi) is 6.01. The number of ether oxygens (including phenoxy) is 1. The van der Waals surface area contributed by atoms with Gasteiger partial charge in [-0.1, -0.05) is 31.0 Å². The van der Waals surface area contributed by atoms with E-state index in [1.807, 2.05) is 0 Å². The molecule has 0 spiro atoms. The summed E-state index contributed by atoms with van der Waals surface area (Å²) >= 11 is 0. The third kappa shape index (κ3) is 5.90. The summed E-state index contributed by atoms with van der Waals surface area (Å²) in [4.78, 5) is 11.7. The Morgan fingerprint density at radius 2 is 1.63 bits per heavy atom. The maximum atomic E-state index is 12.8. The Labute approximate surface area is 168 Å². The number of carboxylic acid groups (broad SMARTS) is 1. The molecule has 1 unspecified atom stereocenters. The Bertz CT molecular complexity index is 898. The number of halogens is 6. The van der Waals surface area contributed by atoms with E-state index < -0.39 is 36.4 Å². The Hall–Kier alpha value is -2.71. The molecular formula is C21H18F6O3. The molecule has 1 aliphatic rings. The molecular weight excluding hydrogens is 414 g/mol. The molecule has 3 nitrogen and oxygen atoms in total. The third-order valence-corrected chi connectivity index (χ3v) is 4.84. The van der Waals surface area contributed by atoms with Crippen molar-refractivity contribution in [1.82, 2.24) is 0 Å². The summed E-state index contributed by atoms with van der Waals surface area (Å²) in [5.41, 5.74) is -0.0326. The minimum absolute atomic E-state index is 0.193. The first-order chi connectivity index (χ1) is 13.9. The Balaban J connectivity index is 1.99. The molecule has 1 atom stereocenters. The molecule has 1 N–H and O–H groups in total. The molecule has 0 heterocycles. The molecule has 2 aromatic rings. The number of benzene rings is 2. The molecule has 0 radical (unpaired) electrons. The van der Waals surface area contributed by atoms with Crippen LogP contribution in [0.5, 0.6) is 5.75 Å². The molecule has 0 aromatic heterocycles. The number of hydrogen-bond acceptors (Lipinski definition) is 2. The second kappa shape index (κ2) is 8.20. The van der Waals surface area contributed by atoms with Crippen LogP contribution in [0.3, 0.4) is 0 Å². The molecule has 3 rings (SSSR count). The zero-order chi connectivity index (χ0) is 22.1.